The van der Waals surface area contributed by atoms with Gasteiger partial charge < -0.3 is 10.1 Å². The normalized spacial score (nSPS) is 19.8. The fourth-order valence-corrected chi connectivity index (χ4v) is 3.96. The SMILES string of the molecule is Clc1cccc(-c2nn3c(c2-c2ccncc2)CNC(C2COC2)C3)c1. The van der Waals surface area contributed by atoms with Crippen LogP contribution in [-0.4, -0.2) is 34.0 Å². The van der Waals surface area contributed by atoms with Crippen LogP contribution in [0, 0.1) is 5.92 Å². The molecule has 0 amide bonds. The quantitative estimate of drug-likeness (QED) is 0.772. The Kier molecular flexibility index (Phi) is 4.00. The summed E-state index contributed by atoms with van der Waals surface area (Å²) in [5, 5.41) is 9.39. The van der Waals surface area contributed by atoms with Crippen LogP contribution in [0.25, 0.3) is 22.4 Å². The molecule has 1 unspecified atom stereocenters. The summed E-state index contributed by atoms with van der Waals surface area (Å²) in [4.78, 5) is 4.16. The second-order valence-corrected chi connectivity index (χ2v) is 7.32. The molecule has 0 radical (unpaired) electrons. The van der Waals surface area contributed by atoms with Crippen LogP contribution in [0.2, 0.25) is 5.02 Å². The number of hydrogen-bond acceptors (Lipinski definition) is 4. The molecule has 2 aliphatic heterocycles. The standard InChI is InChI=1S/C20H19ClN4O/c21-16-3-1-2-14(8-16)20-19(13-4-6-22-7-5-13)18-9-23-17(10-25(18)24-20)15-11-26-12-15/h1-8,15,17,23H,9-12H2. The lowest BCUT2D eigenvalue weighted by Gasteiger charge is -2.37. The number of hydrogen-bond donors (Lipinski definition) is 1. The third-order valence-electron chi connectivity index (χ3n) is 5.26. The van der Waals surface area contributed by atoms with E-state index in [-0.39, 0.29) is 0 Å². The molecule has 1 saturated heterocycles. The Balaban J connectivity index is 1.63. The van der Waals surface area contributed by atoms with E-state index in [9.17, 15) is 0 Å². The van der Waals surface area contributed by atoms with E-state index in [4.69, 9.17) is 21.4 Å². The Labute approximate surface area is 157 Å². The predicted octanol–water partition coefficient (Wildman–Crippen LogP) is 3.38. The molecule has 5 nitrogen and oxygen atoms in total. The van der Waals surface area contributed by atoms with E-state index < -0.39 is 0 Å². The number of nitrogens with one attached hydrogen (secondary N) is 1. The first kappa shape index (κ1) is 16.0. The predicted molar refractivity (Wildman–Crippen MR) is 101 cm³/mol. The molecule has 132 valence electrons. The lowest BCUT2D eigenvalue weighted by atomic mass is 9.95. The minimum Gasteiger partial charge on any atom is -0.381 e. The number of aromatic nitrogens is 3. The molecular weight excluding hydrogens is 348 g/mol. The lowest BCUT2D eigenvalue weighted by Crippen LogP contribution is -2.51. The summed E-state index contributed by atoms with van der Waals surface area (Å²) in [6.45, 7) is 3.34. The zero-order valence-corrected chi connectivity index (χ0v) is 15.0. The first-order chi connectivity index (χ1) is 12.8. The smallest absolute Gasteiger partial charge is 0.101 e. The molecule has 1 aromatic carbocycles. The largest absolute Gasteiger partial charge is 0.381 e. The van der Waals surface area contributed by atoms with Crippen molar-refractivity contribution in [3.05, 3.63) is 59.5 Å². The third-order valence-corrected chi connectivity index (χ3v) is 5.49. The van der Waals surface area contributed by atoms with Crippen molar-refractivity contribution in [3.8, 4) is 22.4 Å². The molecular formula is C20H19ClN4O. The highest BCUT2D eigenvalue weighted by molar-refractivity contribution is 6.30. The average molecular weight is 367 g/mol. The van der Waals surface area contributed by atoms with Crippen LogP contribution in [-0.2, 0) is 17.8 Å². The topological polar surface area (TPSA) is 52.0 Å². The second-order valence-electron chi connectivity index (χ2n) is 6.88. The van der Waals surface area contributed by atoms with Crippen molar-refractivity contribution in [2.24, 2.45) is 5.92 Å². The van der Waals surface area contributed by atoms with E-state index in [0.29, 0.717) is 12.0 Å². The average Bonchev–Trinajstić information content (AvgIpc) is 3.00. The summed E-state index contributed by atoms with van der Waals surface area (Å²) in [5.41, 5.74) is 5.51. The summed E-state index contributed by atoms with van der Waals surface area (Å²) in [6, 6.07) is 12.4. The van der Waals surface area contributed by atoms with Gasteiger partial charge in [0.05, 0.1) is 25.5 Å². The fourth-order valence-electron chi connectivity index (χ4n) is 3.77. The maximum Gasteiger partial charge on any atom is 0.101 e. The molecule has 0 bridgehead atoms. The summed E-state index contributed by atoms with van der Waals surface area (Å²) < 4.78 is 7.52. The molecule has 0 spiro atoms. The van der Waals surface area contributed by atoms with E-state index >= 15 is 0 Å². The molecule has 0 aliphatic carbocycles. The van der Waals surface area contributed by atoms with Crippen molar-refractivity contribution >= 4 is 11.6 Å². The monoisotopic (exact) mass is 366 g/mol. The molecule has 0 saturated carbocycles. The molecule has 1 atom stereocenters. The van der Waals surface area contributed by atoms with Gasteiger partial charge in [-0.2, -0.15) is 5.10 Å². The molecule has 6 heteroatoms. The number of fused-ring (bicyclic) bond motifs is 1. The first-order valence-corrected chi connectivity index (χ1v) is 9.24. The van der Waals surface area contributed by atoms with Gasteiger partial charge in [0.1, 0.15) is 5.69 Å². The third kappa shape index (κ3) is 2.72. The number of benzene rings is 1. The minimum absolute atomic E-state index is 0.411. The molecule has 2 aromatic heterocycles. The molecule has 2 aliphatic rings. The van der Waals surface area contributed by atoms with Crippen LogP contribution in [0.3, 0.4) is 0 Å². The Morgan fingerprint density at radius 3 is 2.69 bits per heavy atom. The molecule has 26 heavy (non-hydrogen) atoms. The summed E-state index contributed by atoms with van der Waals surface area (Å²) in [5.74, 6) is 0.575. The zero-order valence-electron chi connectivity index (χ0n) is 14.2. The zero-order chi connectivity index (χ0) is 17.5. The number of ether oxygens (including phenoxy) is 1. The van der Waals surface area contributed by atoms with Gasteiger partial charge in [0.15, 0.2) is 0 Å². The Morgan fingerprint density at radius 2 is 1.96 bits per heavy atom. The molecule has 3 aromatic rings. The van der Waals surface area contributed by atoms with Crippen LogP contribution in [0.1, 0.15) is 5.69 Å². The molecule has 5 rings (SSSR count). The van der Waals surface area contributed by atoms with Crippen molar-refractivity contribution < 1.29 is 4.74 Å². The van der Waals surface area contributed by atoms with Gasteiger partial charge >= 0.3 is 0 Å². The van der Waals surface area contributed by atoms with Crippen molar-refractivity contribution in [1.29, 1.82) is 0 Å². The van der Waals surface area contributed by atoms with Gasteiger partial charge in [-0.15, -0.1) is 0 Å². The summed E-state index contributed by atoms with van der Waals surface area (Å²) in [7, 11) is 0. The Hall–Kier alpha value is -2.21. The number of halogens is 1. The minimum atomic E-state index is 0.411. The maximum absolute atomic E-state index is 6.24. The molecule has 1 N–H and O–H groups in total. The van der Waals surface area contributed by atoms with E-state index in [0.717, 1.165) is 53.7 Å². The highest BCUT2D eigenvalue weighted by atomic mass is 35.5. The number of rotatable bonds is 3. The van der Waals surface area contributed by atoms with Gasteiger partial charge in [-0.25, -0.2) is 0 Å². The Morgan fingerprint density at radius 1 is 1.12 bits per heavy atom. The van der Waals surface area contributed by atoms with Gasteiger partial charge in [-0.3, -0.25) is 9.67 Å². The number of nitrogens with zero attached hydrogens (tertiary/aromatic N) is 3. The van der Waals surface area contributed by atoms with Gasteiger partial charge in [-0.05, 0) is 29.8 Å². The highest BCUT2D eigenvalue weighted by Crippen LogP contribution is 2.37. The van der Waals surface area contributed by atoms with E-state index in [1.54, 1.807) is 0 Å². The lowest BCUT2D eigenvalue weighted by molar-refractivity contribution is -0.0550. The van der Waals surface area contributed by atoms with Crippen molar-refractivity contribution in [2.75, 3.05) is 13.2 Å². The van der Waals surface area contributed by atoms with Crippen LogP contribution >= 0.6 is 11.6 Å². The Bertz CT molecular complexity index is 936. The van der Waals surface area contributed by atoms with Gasteiger partial charge in [0.25, 0.3) is 0 Å². The molecule has 1 fully saturated rings. The van der Waals surface area contributed by atoms with Crippen molar-refractivity contribution in [2.45, 2.75) is 19.1 Å². The fraction of sp³-hybridized carbons (Fsp3) is 0.300. The maximum atomic E-state index is 6.24. The van der Waals surface area contributed by atoms with Crippen molar-refractivity contribution in [1.82, 2.24) is 20.1 Å². The summed E-state index contributed by atoms with van der Waals surface area (Å²) in [6.07, 6.45) is 3.65. The van der Waals surface area contributed by atoms with Gasteiger partial charge in [0, 0.05) is 47.0 Å². The van der Waals surface area contributed by atoms with Gasteiger partial charge in [-0.1, -0.05) is 23.7 Å². The highest BCUT2D eigenvalue weighted by Gasteiger charge is 2.33. The van der Waals surface area contributed by atoms with E-state index in [1.807, 2.05) is 42.7 Å². The van der Waals surface area contributed by atoms with E-state index in [2.05, 4.69) is 21.0 Å². The van der Waals surface area contributed by atoms with Crippen LogP contribution in [0.15, 0.2) is 48.8 Å². The second kappa shape index (κ2) is 6.50. The van der Waals surface area contributed by atoms with Crippen molar-refractivity contribution in [3.63, 3.8) is 0 Å². The first-order valence-electron chi connectivity index (χ1n) is 8.87. The van der Waals surface area contributed by atoms with E-state index in [1.165, 1.54) is 5.69 Å². The molecule has 4 heterocycles. The summed E-state index contributed by atoms with van der Waals surface area (Å²) >= 11 is 6.24. The van der Waals surface area contributed by atoms with Crippen LogP contribution in [0.5, 0.6) is 0 Å². The van der Waals surface area contributed by atoms with Crippen LogP contribution in [0.4, 0.5) is 0 Å². The van der Waals surface area contributed by atoms with Gasteiger partial charge in [0.2, 0.25) is 0 Å². The van der Waals surface area contributed by atoms with Crippen LogP contribution < -0.4 is 5.32 Å². The number of pyridine rings is 1.